The Morgan fingerprint density at radius 3 is 2.70 bits per heavy atom. The lowest BCUT2D eigenvalue weighted by Crippen LogP contribution is -2.15. The second-order valence-corrected chi connectivity index (χ2v) is 5.33. The van der Waals surface area contributed by atoms with Crippen LogP contribution in [0.1, 0.15) is 27.5 Å². The van der Waals surface area contributed by atoms with Gasteiger partial charge in [0.2, 0.25) is 0 Å². The Kier molecular flexibility index (Phi) is 3.36. The highest BCUT2D eigenvalue weighted by Crippen LogP contribution is 2.28. The largest absolute Gasteiger partial charge is 0.459 e. The molecular weight excluding hydrogens is 274 g/mol. The van der Waals surface area contributed by atoms with Crippen LogP contribution in [-0.4, -0.2) is 12.6 Å². The van der Waals surface area contributed by atoms with Crippen LogP contribution in [0.5, 0.6) is 0 Å². The van der Waals surface area contributed by atoms with Crippen LogP contribution in [0.4, 0.5) is 5.69 Å². The van der Waals surface area contributed by atoms with Crippen LogP contribution in [0.3, 0.4) is 0 Å². The molecule has 1 unspecified atom stereocenters. The summed E-state index contributed by atoms with van der Waals surface area (Å²) in [5, 5.41) is 4.05. The first-order valence-electron chi connectivity index (χ1n) is 6.43. The molecule has 1 atom stereocenters. The van der Waals surface area contributed by atoms with Gasteiger partial charge in [0.25, 0.3) is 0 Å². The zero-order chi connectivity index (χ0) is 14.1. The molecule has 20 heavy (non-hydrogen) atoms. The number of halogens is 1. The van der Waals surface area contributed by atoms with Gasteiger partial charge in [-0.05, 0) is 36.8 Å². The van der Waals surface area contributed by atoms with E-state index >= 15 is 0 Å². The van der Waals surface area contributed by atoms with Gasteiger partial charge < -0.3 is 10.1 Å². The van der Waals surface area contributed by atoms with Crippen molar-refractivity contribution < 1.29 is 9.53 Å². The zero-order valence-corrected chi connectivity index (χ0v) is 11.8. The van der Waals surface area contributed by atoms with E-state index in [4.69, 9.17) is 16.3 Å². The van der Waals surface area contributed by atoms with Crippen molar-refractivity contribution in [1.29, 1.82) is 0 Å². The first-order valence-corrected chi connectivity index (χ1v) is 6.81. The highest BCUT2D eigenvalue weighted by molar-refractivity contribution is 6.30. The Hall–Kier alpha value is -2.00. The number of esters is 1. The van der Waals surface area contributed by atoms with Gasteiger partial charge in [0.15, 0.2) is 0 Å². The number of benzene rings is 2. The minimum atomic E-state index is -0.285. The van der Waals surface area contributed by atoms with E-state index in [9.17, 15) is 4.79 Å². The zero-order valence-electron chi connectivity index (χ0n) is 11.0. The number of ether oxygens (including phenoxy) is 1. The van der Waals surface area contributed by atoms with Gasteiger partial charge in [-0.2, -0.15) is 0 Å². The van der Waals surface area contributed by atoms with E-state index in [1.54, 1.807) is 0 Å². The second kappa shape index (κ2) is 5.17. The van der Waals surface area contributed by atoms with E-state index in [2.05, 4.69) is 5.32 Å². The van der Waals surface area contributed by atoms with E-state index in [0.29, 0.717) is 17.2 Å². The Bertz CT molecular complexity index is 652. The quantitative estimate of drug-likeness (QED) is 0.807. The summed E-state index contributed by atoms with van der Waals surface area (Å²) in [4.78, 5) is 12.0. The summed E-state index contributed by atoms with van der Waals surface area (Å²) >= 11 is 5.90. The molecule has 0 saturated heterocycles. The monoisotopic (exact) mass is 287 g/mol. The van der Waals surface area contributed by atoms with Crippen LogP contribution >= 0.6 is 11.6 Å². The van der Waals surface area contributed by atoms with Gasteiger partial charge in [0.1, 0.15) is 6.61 Å². The fourth-order valence-corrected chi connectivity index (χ4v) is 2.42. The fourth-order valence-electron chi connectivity index (χ4n) is 2.29. The molecule has 3 nitrogen and oxygen atoms in total. The van der Waals surface area contributed by atoms with Gasteiger partial charge in [-0.1, -0.05) is 35.4 Å². The molecule has 0 amide bonds. The van der Waals surface area contributed by atoms with Crippen molar-refractivity contribution in [3.63, 3.8) is 0 Å². The summed E-state index contributed by atoms with van der Waals surface area (Å²) in [5.74, 6) is -0.285. The first-order chi connectivity index (χ1) is 9.63. The van der Waals surface area contributed by atoms with Crippen molar-refractivity contribution in [3.8, 4) is 0 Å². The van der Waals surface area contributed by atoms with E-state index in [1.807, 2.05) is 49.4 Å². The predicted molar refractivity (Wildman–Crippen MR) is 79.3 cm³/mol. The summed E-state index contributed by atoms with van der Waals surface area (Å²) < 4.78 is 5.35. The van der Waals surface area contributed by atoms with Crippen molar-refractivity contribution in [1.82, 2.24) is 0 Å². The van der Waals surface area contributed by atoms with Crippen LogP contribution < -0.4 is 5.32 Å². The number of carbonyl (C=O) groups excluding carboxylic acids is 1. The molecule has 4 heteroatoms. The Morgan fingerprint density at radius 2 is 1.95 bits per heavy atom. The number of anilines is 1. The minimum absolute atomic E-state index is 0.0693. The molecule has 2 aromatic rings. The fraction of sp³-hybridized carbons (Fsp3) is 0.188. The van der Waals surface area contributed by atoms with E-state index < -0.39 is 0 Å². The first kappa shape index (κ1) is 13.0. The Morgan fingerprint density at radius 1 is 1.20 bits per heavy atom. The number of rotatable bonds is 1. The van der Waals surface area contributed by atoms with Crippen molar-refractivity contribution in [2.45, 2.75) is 13.0 Å². The molecule has 0 radical (unpaired) electrons. The average Bonchev–Trinajstić information content (AvgIpc) is 2.60. The summed E-state index contributed by atoms with van der Waals surface area (Å²) in [7, 11) is 0. The molecule has 0 fully saturated rings. The van der Waals surface area contributed by atoms with E-state index in [0.717, 1.165) is 16.8 Å². The van der Waals surface area contributed by atoms with Gasteiger partial charge in [0.05, 0.1) is 11.6 Å². The number of nitrogens with one attached hydrogen (secondary N) is 1. The Balaban J connectivity index is 1.96. The number of carbonyl (C=O) groups is 1. The van der Waals surface area contributed by atoms with E-state index in [1.165, 1.54) is 0 Å². The SMILES string of the molecule is Cc1ccc2c(c1)C(=O)OCC(c1ccc(Cl)cc1)N2. The molecule has 1 heterocycles. The van der Waals surface area contributed by atoms with Crippen LogP contribution in [0, 0.1) is 6.92 Å². The highest BCUT2D eigenvalue weighted by Gasteiger charge is 2.23. The molecule has 1 aliphatic heterocycles. The molecule has 0 saturated carbocycles. The molecule has 1 aliphatic rings. The molecule has 3 rings (SSSR count). The number of aryl methyl sites for hydroxylation is 1. The normalized spacial score (nSPS) is 17.7. The lowest BCUT2D eigenvalue weighted by Gasteiger charge is -2.17. The molecule has 0 spiro atoms. The molecule has 102 valence electrons. The Labute approximate surface area is 122 Å². The third-order valence-electron chi connectivity index (χ3n) is 3.38. The smallest absolute Gasteiger partial charge is 0.340 e. The highest BCUT2D eigenvalue weighted by atomic mass is 35.5. The van der Waals surface area contributed by atoms with Gasteiger partial charge in [-0.15, -0.1) is 0 Å². The molecule has 2 aromatic carbocycles. The lowest BCUT2D eigenvalue weighted by atomic mass is 10.1. The third kappa shape index (κ3) is 2.49. The topological polar surface area (TPSA) is 38.3 Å². The summed E-state index contributed by atoms with van der Waals surface area (Å²) in [6.07, 6.45) is 0. The number of hydrogen-bond donors (Lipinski definition) is 1. The van der Waals surface area contributed by atoms with Crippen molar-refractivity contribution in [2.75, 3.05) is 11.9 Å². The maximum Gasteiger partial charge on any atom is 0.340 e. The van der Waals surface area contributed by atoms with Gasteiger partial charge in [-0.3, -0.25) is 0 Å². The number of fused-ring (bicyclic) bond motifs is 1. The molecular formula is C16H14ClNO2. The molecule has 0 aromatic heterocycles. The summed E-state index contributed by atoms with van der Waals surface area (Å²) in [5.41, 5.74) is 3.46. The number of cyclic esters (lactones) is 1. The third-order valence-corrected chi connectivity index (χ3v) is 3.63. The molecule has 0 bridgehead atoms. The maximum absolute atomic E-state index is 12.0. The summed E-state index contributed by atoms with van der Waals surface area (Å²) in [6.45, 7) is 2.25. The molecule has 0 aliphatic carbocycles. The summed E-state index contributed by atoms with van der Waals surface area (Å²) in [6, 6.07) is 13.2. The number of hydrogen-bond acceptors (Lipinski definition) is 3. The van der Waals surface area contributed by atoms with Crippen molar-refractivity contribution >= 4 is 23.3 Å². The van der Waals surface area contributed by atoms with Crippen LogP contribution in [-0.2, 0) is 4.74 Å². The minimum Gasteiger partial charge on any atom is -0.459 e. The molecule has 1 N–H and O–H groups in total. The second-order valence-electron chi connectivity index (χ2n) is 4.90. The predicted octanol–water partition coefficient (Wildman–Crippen LogP) is 3.97. The standard InChI is InChI=1S/C16H14ClNO2/c1-10-2-7-14-13(8-10)16(19)20-9-15(18-14)11-3-5-12(17)6-4-11/h2-8,15,18H,9H2,1H3. The van der Waals surface area contributed by atoms with Crippen LogP contribution in [0.15, 0.2) is 42.5 Å². The van der Waals surface area contributed by atoms with Crippen molar-refractivity contribution in [3.05, 3.63) is 64.2 Å². The van der Waals surface area contributed by atoms with Gasteiger partial charge >= 0.3 is 5.97 Å². The van der Waals surface area contributed by atoms with Gasteiger partial charge in [-0.25, -0.2) is 4.79 Å². The van der Waals surface area contributed by atoms with E-state index in [-0.39, 0.29) is 12.0 Å². The van der Waals surface area contributed by atoms with Crippen LogP contribution in [0.25, 0.3) is 0 Å². The maximum atomic E-state index is 12.0. The van der Waals surface area contributed by atoms with Crippen molar-refractivity contribution in [2.24, 2.45) is 0 Å². The lowest BCUT2D eigenvalue weighted by molar-refractivity contribution is 0.0500. The average molecular weight is 288 g/mol. The van der Waals surface area contributed by atoms with Gasteiger partial charge in [0, 0.05) is 10.7 Å². The van der Waals surface area contributed by atoms with Crippen LogP contribution in [0.2, 0.25) is 5.02 Å².